The first-order valence-corrected chi connectivity index (χ1v) is 6.75. The quantitative estimate of drug-likeness (QED) is 0.871. The highest BCUT2D eigenvalue weighted by Gasteiger charge is 2.16. The van der Waals surface area contributed by atoms with E-state index in [1.165, 1.54) is 35.7 Å². The number of ether oxygens (including phenoxy) is 1. The molecule has 3 heteroatoms. The molecule has 96 valence electrons. The van der Waals surface area contributed by atoms with Gasteiger partial charge in [0.2, 0.25) is 0 Å². The summed E-state index contributed by atoms with van der Waals surface area (Å²) in [4.78, 5) is 3.34. The summed E-state index contributed by atoms with van der Waals surface area (Å²) in [6, 6.07) is 6.78. The Morgan fingerprint density at radius 2 is 2.28 bits per heavy atom. The molecule has 1 aromatic heterocycles. The number of piperidine rings is 1. The highest BCUT2D eigenvalue weighted by Crippen LogP contribution is 2.29. The summed E-state index contributed by atoms with van der Waals surface area (Å²) >= 11 is 0. The summed E-state index contributed by atoms with van der Waals surface area (Å²) in [6.45, 7) is 1.16. The molecule has 0 amide bonds. The van der Waals surface area contributed by atoms with Gasteiger partial charge in [-0.05, 0) is 43.5 Å². The predicted octanol–water partition coefficient (Wildman–Crippen LogP) is 2.86. The van der Waals surface area contributed by atoms with Gasteiger partial charge in [0.25, 0.3) is 0 Å². The molecular formula is C15H20N2O. The number of aromatic nitrogens is 1. The van der Waals surface area contributed by atoms with Crippen LogP contribution in [0.4, 0.5) is 0 Å². The van der Waals surface area contributed by atoms with Gasteiger partial charge < -0.3 is 15.0 Å². The number of aromatic amines is 1. The number of H-pyrrole nitrogens is 1. The van der Waals surface area contributed by atoms with Crippen molar-refractivity contribution in [3.63, 3.8) is 0 Å². The Morgan fingerprint density at radius 3 is 3.06 bits per heavy atom. The van der Waals surface area contributed by atoms with Gasteiger partial charge in [0.1, 0.15) is 5.75 Å². The minimum absolute atomic E-state index is 0.614. The van der Waals surface area contributed by atoms with Crippen molar-refractivity contribution in [1.82, 2.24) is 10.3 Å². The fourth-order valence-electron chi connectivity index (χ4n) is 2.91. The second-order valence-corrected chi connectivity index (χ2v) is 5.05. The van der Waals surface area contributed by atoms with Gasteiger partial charge in [0, 0.05) is 23.1 Å². The van der Waals surface area contributed by atoms with Gasteiger partial charge in [0.05, 0.1) is 7.11 Å². The monoisotopic (exact) mass is 244 g/mol. The number of nitrogens with one attached hydrogen (secondary N) is 2. The Hall–Kier alpha value is -1.48. The standard InChI is InChI=1S/C15H20N2O/c1-18-14-7-4-6-13-15(14)11(10-17-13)9-12-5-2-3-8-16-12/h4,6-7,10,12,16-17H,2-3,5,8-9H2,1H3. The number of benzene rings is 1. The van der Waals surface area contributed by atoms with Crippen molar-refractivity contribution in [2.45, 2.75) is 31.7 Å². The van der Waals surface area contributed by atoms with Gasteiger partial charge in [0.15, 0.2) is 0 Å². The Balaban J connectivity index is 1.91. The van der Waals surface area contributed by atoms with E-state index >= 15 is 0 Å². The van der Waals surface area contributed by atoms with Crippen molar-refractivity contribution in [1.29, 1.82) is 0 Å². The molecule has 1 atom stereocenters. The van der Waals surface area contributed by atoms with Crippen LogP contribution in [0.3, 0.4) is 0 Å². The number of hydrogen-bond donors (Lipinski definition) is 2. The zero-order valence-corrected chi connectivity index (χ0v) is 10.8. The highest BCUT2D eigenvalue weighted by molar-refractivity contribution is 5.89. The Bertz CT molecular complexity index is 526. The first-order chi connectivity index (χ1) is 8.88. The fraction of sp³-hybridized carbons (Fsp3) is 0.467. The van der Waals surface area contributed by atoms with Crippen LogP contribution in [0, 0.1) is 0 Å². The van der Waals surface area contributed by atoms with Crippen LogP contribution in [-0.2, 0) is 6.42 Å². The highest BCUT2D eigenvalue weighted by atomic mass is 16.5. The average molecular weight is 244 g/mol. The van der Waals surface area contributed by atoms with Crippen LogP contribution in [0.1, 0.15) is 24.8 Å². The van der Waals surface area contributed by atoms with E-state index in [2.05, 4.69) is 22.6 Å². The van der Waals surface area contributed by atoms with E-state index in [9.17, 15) is 0 Å². The van der Waals surface area contributed by atoms with E-state index in [-0.39, 0.29) is 0 Å². The average Bonchev–Trinajstić information content (AvgIpc) is 2.83. The van der Waals surface area contributed by atoms with Crippen LogP contribution >= 0.6 is 0 Å². The number of fused-ring (bicyclic) bond motifs is 1. The lowest BCUT2D eigenvalue weighted by Gasteiger charge is -2.23. The van der Waals surface area contributed by atoms with Crippen LogP contribution < -0.4 is 10.1 Å². The van der Waals surface area contributed by atoms with Gasteiger partial charge in [-0.25, -0.2) is 0 Å². The molecule has 1 aliphatic rings. The van der Waals surface area contributed by atoms with Gasteiger partial charge in [-0.15, -0.1) is 0 Å². The van der Waals surface area contributed by atoms with Crippen molar-refractivity contribution in [3.05, 3.63) is 30.0 Å². The zero-order chi connectivity index (χ0) is 12.4. The summed E-state index contributed by atoms with van der Waals surface area (Å²) in [5.41, 5.74) is 2.53. The maximum Gasteiger partial charge on any atom is 0.128 e. The summed E-state index contributed by atoms with van der Waals surface area (Å²) in [5, 5.41) is 4.85. The summed E-state index contributed by atoms with van der Waals surface area (Å²) in [6.07, 6.45) is 7.15. The lowest BCUT2D eigenvalue weighted by molar-refractivity contribution is 0.399. The Kier molecular flexibility index (Phi) is 3.24. The fourth-order valence-corrected chi connectivity index (χ4v) is 2.91. The van der Waals surface area contributed by atoms with Crippen molar-refractivity contribution < 1.29 is 4.74 Å². The lowest BCUT2D eigenvalue weighted by Crippen LogP contribution is -2.35. The van der Waals surface area contributed by atoms with Crippen LogP contribution in [0.5, 0.6) is 5.75 Å². The second-order valence-electron chi connectivity index (χ2n) is 5.05. The lowest BCUT2D eigenvalue weighted by atomic mass is 9.97. The summed E-state index contributed by atoms with van der Waals surface area (Å²) < 4.78 is 5.48. The summed E-state index contributed by atoms with van der Waals surface area (Å²) in [7, 11) is 1.74. The molecule has 1 unspecified atom stereocenters. The first-order valence-electron chi connectivity index (χ1n) is 6.75. The van der Waals surface area contributed by atoms with Gasteiger partial charge in [-0.2, -0.15) is 0 Å². The Labute approximate surface area is 108 Å². The van der Waals surface area contributed by atoms with Crippen molar-refractivity contribution in [2.24, 2.45) is 0 Å². The normalized spacial score (nSPS) is 20.2. The number of methoxy groups -OCH3 is 1. The summed E-state index contributed by atoms with van der Waals surface area (Å²) in [5.74, 6) is 0.972. The molecule has 3 nitrogen and oxygen atoms in total. The van der Waals surface area contributed by atoms with E-state index < -0.39 is 0 Å². The van der Waals surface area contributed by atoms with E-state index in [0.29, 0.717) is 6.04 Å². The number of rotatable bonds is 3. The largest absolute Gasteiger partial charge is 0.496 e. The van der Waals surface area contributed by atoms with Crippen molar-refractivity contribution in [3.8, 4) is 5.75 Å². The van der Waals surface area contributed by atoms with Crippen LogP contribution in [-0.4, -0.2) is 24.7 Å². The molecular weight excluding hydrogens is 224 g/mol. The molecule has 1 saturated heterocycles. The first kappa shape index (κ1) is 11.6. The minimum atomic E-state index is 0.614. The van der Waals surface area contributed by atoms with Crippen LogP contribution in [0.25, 0.3) is 10.9 Å². The van der Waals surface area contributed by atoms with E-state index in [0.717, 1.165) is 18.7 Å². The van der Waals surface area contributed by atoms with Crippen LogP contribution in [0.2, 0.25) is 0 Å². The third-order valence-electron chi connectivity index (χ3n) is 3.85. The third-order valence-corrected chi connectivity index (χ3v) is 3.85. The molecule has 0 bridgehead atoms. The van der Waals surface area contributed by atoms with Crippen molar-refractivity contribution >= 4 is 10.9 Å². The molecule has 0 radical (unpaired) electrons. The topological polar surface area (TPSA) is 37.0 Å². The predicted molar refractivity (Wildman–Crippen MR) is 74.2 cm³/mol. The third kappa shape index (κ3) is 2.10. The van der Waals surface area contributed by atoms with E-state index in [1.807, 2.05) is 12.1 Å². The van der Waals surface area contributed by atoms with Crippen LogP contribution in [0.15, 0.2) is 24.4 Å². The molecule has 0 spiro atoms. The molecule has 1 aliphatic heterocycles. The molecule has 3 rings (SSSR count). The van der Waals surface area contributed by atoms with Gasteiger partial charge in [-0.3, -0.25) is 0 Å². The molecule has 1 aromatic carbocycles. The van der Waals surface area contributed by atoms with Crippen molar-refractivity contribution in [2.75, 3.05) is 13.7 Å². The van der Waals surface area contributed by atoms with Gasteiger partial charge in [-0.1, -0.05) is 12.5 Å². The maximum atomic E-state index is 5.48. The SMILES string of the molecule is COc1cccc2[nH]cc(CC3CCCCN3)c12. The zero-order valence-electron chi connectivity index (χ0n) is 10.8. The Morgan fingerprint density at radius 1 is 1.33 bits per heavy atom. The second kappa shape index (κ2) is 5.02. The molecule has 18 heavy (non-hydrogen) atoms. The number of hydrogen-bond acceptors (Lipinski definition) is 2. The molecule has 2 heterocycles. The van der Waals surface area contributed by atoms with E-state index in [1.54, 1.807) is 7.11 Å². The van der Waals surface area contributed by atoms with E-state index in [4.69, 9.17) is 4.74 Å². The van der Waals surface area contributed by atoms with Gasteiger partial charge >= 0.3 is 0 Å². The molecule has 0 saturated carbocycles. The maximum absolute atomic E-state index is 5.48. The molecule has 2 N–H and O–H groups in total. The minimum Gasteiger partial charge on any atom is -0.496 e. The molecule has 0 aliphatic carbocycles. The smallest absolute Gasteiger partial charge is 0.128 e. The molecule has 2 aromatic rings. The molecule has 1 fully saturated rings.